The summed E-state index contributed by atoms with van der Waals surface area (Å²) >= 11 is 0. The van der Waals surface area contributed by atoms with Crippen LogP contribution >= 0.6 is 0 Å². The van der Waals surface area contributed by atoms with Gasteiger partial charge in [-0.05, 0) is 65.9 Å². The van der Waals surface area contributed by atoms with Crippen LogP contribution in [0.3, 0.4) is 0 Å². The van der Waals surface area contributed by atoms with E-state index in [-0.39, 0.29) is 17.4 Å². The Hall–Kier alpha value is -3.80. The first-order valence-electron chi connectivity index (χ1n) is 14.4. The molecule has 0 radical (unpaired) electrons. The molecule has 6 heteroatoms. The first-order chi connectivity index (χ1) is 19.4. The van der Waals surface area contributed by atoms with Crippen LogP contribution in [0.4, 0.5) is 0 Å². The zero-order valence-electron chi connectivity index (χ0n) is 24.2. The van der Waals surface area contributed by atoms with Crippen LogP contribution in [0.5, 0.6) is 17.2 Å². The lowest BCUT2D eigenvalue weighted by Crippen LogP contribution is -2.12. The van der Waals surface area contributed by atoms with Crippen molar-refractivity contribution in [2.45, 2.75) is 65.7 Å². The highest BCUT2D eigenvalue weighted by Gasteiger charge is 2.17. The zero-order chi connectivity index (χ0) is 28.7. The lowest BCUT2D eigenvalue weighted by atomic mass is 10.0. The fourth-order valence-electron chi connectivity index (χ4n) is 4.07. The van der Waals surface area contributed by atoms with Gasteiger partial charge in [0.25, 0.3) is 0 Å². The average molecular weight is 547 g/mol. The molecule has 1 atom stereocenters. The van der Waals surface area contributed by atoms with E-state index in [0.717, 1.165) is 36.3 Å². The van der Waals surface area contributed by atoms with E-state index in [9.17, 15) is 9.59 Å². The molecule has 40 heavy (non-hydrogen) atoms. The van der Waals surface area contributed by atoms with E-state index in [2.05, 4.69) is 6.92 Å². The normalized spacial score (nSPS) is 11.5. The number of carbonyl (C=O) groups excluding carboxylic acids is 2. The SMILES string of the molecule is CCCCCCCCOc1ccc(-c2ccc(C(=O)Oc3ccc(C(=O)OC[C@H](C)CC)cc3OC)cc2)cc1. The quantitative estimate of drug-likeness (QED) is 0.102. The minimum Gasteiger partial charge on any atom is -0.494 e. The minimum absolute atomic E-state index is 0.228. The topological polar surface area (TPSA) is 71.1 Å². The summed E-state index contributed by atoms with van der Waals surface area (Å²) < 4.78 is 22.2. The molecule has 3 aromatic carbocycles. The summed E-state index contributed by atoms with van der Waals surface area (Å²) in [5, 5.41) is 0. The predicted octanol–water partition coefficient (Wildman–Crippen LogP) is 8.52. The molecule has 0 fully saturated rings. The van der Waals surface area contributed by atoms with Crippen molar-refractivity contribution < 1.29 is 28.5 Å². The number of esters is 2. The molecule has 0 saturated carbocycles. The molecule has 6 nitrogen and oxygen atoms in total. The second kappa shape index (κ2) is 16.3. The van der Waals surface area contributed by atoms with Crippen molar-refractivity contribution in [3.63, 3.8) is 0 Å². The van der Waals surface area contributed by atoms with Crippen molar-refractivity contribution in [1.29, 1.82) is 0 Å². The fraction of sp³-hybridized carbons (Fsp3) is 0.412. The van der Waals surface area contributed by atoms with E-state index in [0.29, 0.717) is 17.7 Å². The molecule has 0 amide bonds. The first-order valence-corrected chi connectivity index (χ1v) is 14.4. The summed E-state index contributed by atoms with van der Waals surface area (Å²) in [5.74, 6) is 0.694. The highest BCUT2D eigenvalue weighted by atomic mass is 16.6. The molecule has 0 aliphatic heterocycles. The molecule has 0 spiro atoms. The third-order valence-corrected chi connectivity index (χ3v) is 6.87. The van der Waals surface area contributed by atoms with Crippen molar-refractivity contribution in [2.24, 2.45) is 5.92 Å². The molecule has 214 valence electrons. The van der Waals surface area contributed by atoms with E-state index >= 15 is 0 Å². The molecule has 0 saturated heterocycles. The number of hydrogen-bond acceptors (Lipinski definition) is 6. The van der Waals surface area contributed by atoms with Gasteiger partial charge in [0.05, 0.1) is 31.5 Å². The monoisotopic (exact) mass is 546 g/mol. The van der Waals surface area contributed by atoms with Gasteiger partial charge in [-0.1, -0.05) is 83.6 Å². The van der Waals surface area contributed by atoms with Crippen molar-refractivity contribution in [3.05, 3.63) is 77.9 Å². The Kier molecular flexibility index (Phi) is 12.6. The number of benzene rings is 3. The number of ether oxygens (including phenoxy) is 4. The van der Waals surface area contributed by atoms with Gasteiger partial charge in [0.2, 0.25) is 0 Å². The summed E-state index contributed by atoms with van der Waals surface area (Å²) in [5.41, 5.74) is 2.76. The van der Waals surface area contributed by atoms with Crippen LogP contribution in [-0.2, 0) is 4.74 Å². The second-order valence-corrected chi connectivity index (χ2v) is 10.1. The van der Waals surface area contributed by atoms with Crippen LogP contribution < -0.4 is 14.2 Å². The average Bonchev–Trinajstić information content (AvgIpc) is 2.99. The van der Waals surface area contributed by atoms with Gasteiger partial charge in [0.15, 0.2) is 11.5 Å². The second-order valence-electron chi connectivity index (χ2n) is 10.1. The predicted molar refractivity (Wildman–Crippen MR) is 158 cm³/mol. The third-order valence-electron chi connectivity index (χ3n) is 6.87. The van der Waals surface area contributed by atoms with Crippen LogP contribution in [0.25, 0.3) is 11.1 Å². The molecule has 3 rings (SSSR count). The fourth-order valence-corrected chi connectivity index (χ4v) is 4.07. The number of unbranched alkanes of at least 4 members (excludes halogenated alkanes) is 5. The maximum Gasteiger partial charge on any atom is 0.343 e. The van der Waals surface area contributed by atoms with Crippen LogP contribution in [0, 0.1) is 5.92 Å². The number of hydrogen-bond donors (Lipinski definition) is 0. The number of carbonyl (C=O) groups is 2. The van der Waals surface area contributed by atoms with E-state index in [1.54, 1.807) is 24.3 Å². The van der Waals surface area contributed by atoms with Crippen molar-refractivity contribution >= 4 is 11.9 Å². The van der Waals surface area contributed by atoms with Gasteiger partial charge in [-0.25, -0.2) is 9.59 Å². The summed E-state index contributed by atoms with van der Waals surface area (Å²) in [7, 11) is 1.46. The van der Waals surface area contributed by atoms with Gasteiger partial charge in [-0.3, -0.25) is 0 Å². The molecular weight excluding hydrogens is 504 g/mol. The van der Waals surface area contributed by atoms with E-state index in [4.69, 9.17) is 18.9 Å². The van der Waals surface area contributed by atoms with Gasteiger partial charge in [0.1, 0.15) is 5.75 Å². The Balaban J connectivity index is 1.54. The van der Waals surface area contributed by atoms with Gasteiger partial charge >= 0.3 is 11.9 Å². The number of rotatable bonds is 16. The van der Waals surface area contributed by atoms with E-state index < -0.39 is 11.9 Å². The smallest absolute Gasteiger partial charge is 0.343 e. The lowest BCUT2D eigenvalue weighted by Gasteiger charge is -2.12. The maximum absolute atomic E-state index is 12.8. The van der Waals surface area contributed by atoms with Crippen molar-refractivity contribution in [3.8, 4) is 28.4 Å². The molecule has 0 aliphatic carbocycles. The summed E-state index contributed by atoms with van der Waals surface area (Å²) in [6.45, 7) is 7.38. The molecule has 0 heterocycles. The molecule has 0 N–H and O–H groups in total. The minimum atomic E-state index is -0.518. The third kappa shape index (κ3) is 9.44. The number of methoxy groups -OCH3 is 1. The summed E-state index contributed by atoms with van der Waals surface area (Å²) in [4.78, 5) is 25.2. The Morgan fingerprint density at radius 1 is 0.725 bits per heavy atom. The molecule has 3 aromatic rings. The first kappa shape index (κ1) is 30.7. The molecule has 0 bridgehead atoms. The Bertz CT molecular complexity index is 1200. The Labute approximate surface area is 238 Å². The van der Waals surface area contributed by atoms with Crippen LogP contribution in [0.2, 0.25) is 0 Å². The highest BCUT2D eigenvalue weighted by Crippen LogP contribution is 2.30. The van der Waals surface area contributed by atoms with Gasteiger partial charge in [-0.15, -0.1) is 0 Å². The van der Waals surface area contributed by atoms with Crippen molar-refractivity contribution in [2.75, 3.05) is 20.3 Å². The zero-order valence-corrected chi connectivity index (χ0v) is 24.2. The van der Waals surface area contributed by atoms with Crippen molar-refractivity contribution in [1.82, 2.24) is 0 Å². The molecule has 0 unspecified atom stereocenters. The van der Waals surface area contributed by atoms with Gasteiger partial charge < -0.3 is 18.9 Å². The summed E-state index contributed by atoms with van der Waals surface area (Å²) in [6.07, 6.45) is 8.35. The largest absolute Gasteiger partial charge is 0.494 e. The molecular formula is C34H42O6. The lowest BCUT2D eigenvalue weighted by molar-refractivity contribution is 0.0446. The molecule has 0 aliphatic rings. The van der Waals surface area contributed by atoms with Crippen LogP contribution in [-0.4, -0.2) is 32.3 Å². The summed E-state index contributed by atoms with van der Waals surface area (Å²) in [6, 6.07) is 19.8. The van der Waals surface area contributed by atoms with Crippen LogP contribution in [0.1, 0.15) is 86.4 Å². The highest BCUT2D eigenvalue weighted by molar-refractivity contribution is 5.93. The van der Waals surface area contributed by atoms with E-state index in [1.165, 1.54) is 45.3 Å². The van der Waals surface area contributed by atoms with Gasteiger partial charge in [-0.2, -0.15) is 0 Å². The molecule has 0 aromatic heterocycles. The standard InChI is InChI=1S/C34H42O6/c1-5-7-8-9-10-11-22-38-30-19-16-27(17-20-30)26-12-14-28(15-13-26)34(36)40-31-21-18-29(23-32(31)37-4)33(35)39-24-25(3)6-2/h12-21,23,25H,5-11,22,24H2,1-4H3/t25-/m1/s1. The van der Waals surface area contributed by atoms with E-state index in [1.807, 2.05) is 50.2 Å². The Morgan fingerprint density at radius 3 is 2.00 bits per heavy atom. The van der Waals surface area contributed by atoms with Gasteiger partial charge in [0, 0.05) is 0 Å². The Morgan fingerprint density at radius 2 is 1.35 bits per heavy atom. The van der Waals surface area contributed by atoms with Crippen LogP contribution in [0.15, 0.2) is 66.7 Å². The maximum atomic E-state index is 12.8.